The van der Waals surface area contributed by atoms with E-state index in [4.69, 9.17) is 0 Å². The van der Waals surface area contributed by atoms with Crippen LogP contribution in [0, 0.1) is 5.82 Å². The van der Waals surface area contributed by atoms with Gasteiger partial charge in [-0.25, -0.2) is 4.39 Å². The lowest BCUT2D eigenvalue weighted by atomic mass is 9.93. The van der Waals surface area contributed by atoms with Crippen molar-refractivity contribution in [3.05, 3.63) is 59.4 Å². The van der Waals surface area contributed by atoms with Gasteiger partial charge in [-0.3, -0.25) is 13.8 Å². The van der Waals surface area contributed by atoms with Crippen LogP contribution in [0.1, 0.15) is 24.1 Å². The van der Waals surface area contributed by atoms with E-state index in [0.717, 1.165) is 11.6 Å². The predicted molar refractivity (Wildman–Crippen MR) is 97.6 cm³/mol. The summed E-state index contributed by atoms with van der Waals surface area (Å²) >= 11 is 0. The first-order valence-electron chi connectivity index (χ1n) is 8.21. The summed E-state index contributed by atoms with van der Waals surface area (Å²) in [6, 6.07) is 11.5. The van der Waals surface area contributed by atoms with Gasteiger partial charge in [0.05, 0.1) is 21.7 Å². The van der Waals surface area contributed by atoms with Gasteiger partial charge in [-0.1, -0.05) is 24.3 Å². The van der Waals surface area contributed by atoms with Crippen LogP contribution in [0.25, 0.3) is 0 Å². The second kappa shape index (κ2) is 7.37. The molecule has 2 amide bonds. The van der Waals surface area contributed by atoms with Gasteiger partial charge in [0.25, 0.3) is 0 Å². The Morgan fingerprint density at radius 3 is 2.65 bits per heavy atom. The van der Waals surface area contributed by atoms with Gasteiger partial charge in [0, 0.05) is 18.5 Å². The van der Waals surface area contributed by atoms with Gasteiger partial charge >= 0.3 is 11.8 Å². The monoisotopic (exact) mass is 374 g/mol. The van der Waals surface area contributed by atoms with Crippen LogP contribution in [-0.2, 0) is 26.8 Å². The lowest BCUT2D eigenvalue weighted by molar-refractivity contribution is -0.145. The zero-order valence-electron chi connectivity index (χ0n) is 14.5. The number of carbonyl (C=O) groups is 2. The Kier molecular flexibility index (Phi) is 5.18. The van der Waals surface area contributed by atoms with E-state index in [0.29, 0.717) is 13.0 Å². The fraction of sp³-hybridized carbons (Fsp3) is 0.263. The Labute approximate surface area is 153 Å². The Hall–Kier alpha value is -2.54. The van der Waals surface area contributed by atoms with Crippen LogP contribution in [-0.4, -0.2) is 33.7 Å². The zero-order chi connectivity index (χ0) is 18.8. The number of anilines is 1. The average Bonchev–Trinajstić information content (AvgIpc) is 2.61. The van der Waals surface area contributed by atoms with Crippen molar-refractivity contribution in [1.82, 2.24) is 4.90 Å². The largest absolute Gasteiger partial charge is 0.327 e. The normalized spacial score (nSPS) is 17.3. The molecular formula is C19H19FN2O3S. The van der Waals surface area contributed by atoms with Crippen molar-refractivity contribution in [2.24, 2.45) is 0 Å². The van der Waals surface area contributed by atoms with Crippen molar-refractivity contribution in [2.45, 2.75) is 24.3 Å². The Morgan fingerprint density at radius 1 is 1.23 bits per heavy atom. The van der Waals surface area contributed by atoms with Gasteiger partial charge in [0.1, 0.15) is 5.82 Å². The van der Waals surface area contributed by atoms with E-state index in [9.17, 15) is 18.2 Å². The van der Waals surface area contributed by atoms with Crippen LogP contribution in [0.5, 0.6) is 0 Å². The molecule has 3 rings (SSSR count). The maximum absolute atomic E-state index is 13.9. The van der Waals surface area contributed by atoms with Gasteiger partial charge < -0.3 is 10.2 Å². The van der Waals surface area contributed by atoms with E-state index in [-0.39, 0.29) is 16.6 Å². The molecule has 5 nitrogen and oxygen atoms in total. The number of halogens is 1. The fourth-order valence-corrected chi connectivity index (χ4v) is 3.77. The number of rotatable bonds is 2. The summed E-state index contributed by atoms with van der Waals surface area (Å²) in [4.78, 5) is 26.4. The summed E-state index contributed by atoms with van der Waals surface area (Å²) in [5.74, 6) is -2.16. The third kappa shape index (κ3) is 3.53. The Balaban J connectivity index is 1.74. The van der Waals surface area contributed by atoms with Gasteiger partial charge in [-0.15, -0.1) is 0 Å². The van der Waals surface area contributed by atoms with E-state index in [2.05, 4.69) is 5.32 Å². The molecule has 0 aliphatic carbocycles. The molecule has 26 heavy (non-hydrogen) atoms. The highest BCUT2D eigenvalue weighted by Gasteiger charge is 2.31. The highest BCUT2D eigenvalue weighted by atomic mass is 32.2. The maximum Gasteiger partial charge on any atom is 0.313 e. The summed E-state index contributed by atoms with van der Waals surface area (Å²) < 4.78 is 25.3. The molecule has 1 aliphatic heterocycles. The number of fused-ring (bicyclic) bond motifs is 1. The van der Waals surface area contributed by atoms with Crippen LogP contribution in [0.2, 0.25) is 0 Å². The molecule has 2 atom stereocenters. The minimum atomic E-state index is -1.46. The number of hydrogen-bond acceptors (Lipinski definition) is 3. The van der Waals surface area contributed by atoms with Crippen molar-refractivity contribution >= 4 is 28.3 Å². The molecule has 0 spiro atoms. The first-order valence-corrected chi connectivity index (χ1v) is 9.77. The summed E-state index contributed by atoms with van der Waals surface area (Å²) in [5.41, 5.74) is 2.36. The minimum Gasteiger partial charge on any atom is -0.327 e. The molecule has 2 unspecified atom stereocenters. The highest BCUT2D eigenvalue weighted by molar-refractivity contribution is 7.84. The smallest absolute Gasteiger partial charge is 0.313 e. The molecule has 1 heterocycles. The van der Waals surface area contributed by atoms with Crippen molar-refractivity contribution in [3.63, 3.8) is 0 Å². The lowest BCUT2D eigenvalue weighted by Gasteiger charge is -2.34. The number of benzene rings is 2. The first kappa shape index (κ1) is 18.3. The number of hydrogen-bond donors (Lipinski definition) is 1. The van der Waals surface area contributed by atoms with Gasteiger partial charge in [0.2, 0.25) is 0 Å². The number of carbonyl (C=O) groups excluding carboxylic acids is 2. The summed E-state index contributed by atoms with van der Waals surface area (Å²) in [6.07, 6.45) is 2.06. The molecule has 2 aromatic rings. The van der Waals surface area contributed by atoms with E-state index < -0.39 is 28.4 Å². The van der Waals surface area contributed by atoms with E-state index in [1.165, 1.54) is 28.9 Å². The molecule has 0 fully saturated rings. The number of nitrogens with zero attached hydrogens (tertiary/aromatic N) is 1. The van der Waals surface area contributed by atoms with Crippen LogP contribution < -0.4 is 5.32 Å². The van der Waals surface area contributed by atoms with Crippen LogP contribution in [0.15, 0.2) is 47.4 Å². The molecule has 2 aromatic carbocycles. The maximum atomic E-state index is 13.9. The number of nitrogens with one attached hydrogen (secondary N) is 1. The summed E-state index contributed by atoms with van der Waals surface area (Å²) in [5, 5.41) is 2.42. The van der Waals surface area contributed by atoms with E-state index in [1.54, 1.807) is 0 Å². The third-order valence-corrected chi connectivity index (χ3v) is 5.50. The molecule has 0 saturated carbocycles. The van der Waals surface area contributed by atoms with Crippen LogP contribution in [0.3, 0.4) is 0 Å². The van der Waals surface area contributed by atoms with Crippen molar-refractivity contribution in [3.8, 4) is 0 Å². The molecular weight excluding hydrogens is 355 g/mol. The molecule has 0 radical (unpaired) electrons. The van der Waals surface area contributed by atoms with Crippen LogP contribution in [0.4, 0.5) is 10.1 Å². The topological polar surface area (TPSA) is 66.5 Å². The van der Waals surface area contributed by atoms with Gasteiger partial charge in [-0.2, -0.15) is 0 Å². The van der Waals surface area contributed by atoms with Crippen molar-refractivity contribution in [1.29, 1.82) is 0 Å². The molecule has 136 valence electrons. The lowest BCUT2D eigenvalue weighted by Crippen LogP contribution is -2.44. The second-order valence-electron chi connectivity index (χ2n) is 6.18. The van der Waals surface area contributed by atoms with E-state index in [1.807, 2.05) is 31.2 Å². The Bertz CT molecular complexity index is 900. The van der Waals surface area contributed by atoms with Crippen molar-refractivity contribution < 1.29 is 18.2 Å². The third-order valence-electron chi connectivity index (χ3n) is 4.55. The Morgan fingerprint density at radius 2 is 1.96 bits per heavy atom. The predicted octanol–water partition coefficient (Wildman–Crippen LogP) is 2.65. The SMILES string of the molecule is CC1c2ccccc2CCN1C(=O)C(=O)Nc1ccc(S(C)=O)c(F)c1. The van der Waals surface area contributed by atoms with E-state index >= 15 is 0 Å². The molecule has 0 saturated heterocycles. The van der Waals surface area contributed by atoms with Crippen LogP contribution >= 0.6 is 0 Å². The average molecular weight is 374 g/mol. The fourth-order valence-electron chi connectivity index (χ4n) is 3.18. The molecule has 7 heteroatoms. The highest BCUT2D eigenvalue weighted by Crippen LogP contribution is 2.29. The zero-order valence-corrected chi connectivity index (χ0v) is 15.3. The second-order valence-corrected chi connectivity index (χ2v) is 7.52. The standard InChI is InChI=1S/C19H19FN2O3S/c1-12-15-6-4-3-5-13(15)9-10-22(12)19(24)18(23)21-14-7-8-17(26(2)25)16(20)11-14/h3-8,11-12H,9-10H2,1-2H3,(H,21,23). The van der Waals surface area contributed by atoms with Gasteiger partial charge in [0.15, 0.2) is 0 Å². The first-order chi connectivity index (χ1) is 12.4. The summed E-state index contributed by atoms with van der Waals surface area (Å²) in [6.45, 7) is 2.33. The quantitative estimate of drug-likeness (QED) is 0.822. The summed E-state index contributed by atoms with van der Waals surface area (Å²) in [7, 11) is -1.46. The molecule has 0 aromatic heterocycles. The molecule has 1 aliphatic rings. The number of amides is 2. The molecule has 0 bridgehead atoms. The minimum absolute atomic E-state index is 0.0515. The van der Waals surface area contributed by atoms with Gasteiger partial charge in [-0.05, 0) is 42.7 Å². The van der Waals surface area contributed by atoms with Crippen molar-refractivity contribution in [2.75, 3.05) is 18.1 Å². The molecule has 1 N–H and O–H groups in total.